The standard InChI is InChI=1S/C15H15BO6/c1-9-5-6-10(11(7-9)16(21)22-8-17)15(20)14-12(18)3-2-4-13(14)19/h5-8,14,21H,2-4H2,1H3. The van der Waals surface area contributed by atoms with Gasteiger partial charge >= 0.3 is 7.12 Å². The van der Waals surface area contributed by atoms with Crippen molar-refractivity contribution in [1.29, 1.82) is 0 Å². The summed E-state index contributed by atoms with van der Waals surface area (Å²) in [5.74, 6) is -2.78. The highest BCUT2D eigenvalue weighted by molar-refractivity contribution is 6.63. The maximum atomic E-state index is 12.6. The van der Waals surface area contributed by atoms with Crippen molar-refractivity contribution in [3.05, 3.63) is 29.3 Å². The van der Waals surface area contributed by atoms with Crippen molar-refractivity contribution in [2.75, 3.05) is 0 Å². The van der Waals surface area contributed by atoms with Crippen LogP contribution >= 0.6 is 0 Å². The first-order chi connectivity index (χ1) is 10.5. The van der Waals surface area contributed by atoms with Gasteiger partial charge in [-0.25, -0.2) is 0 Å². The van der Waals surface area contributed by atoms with Crippen molar-refractivity contribution in [2.45, 2.75) is 26.2 Å². The molecule has 1 fully saturated rings. The molecule has 1 saturated carbocycles. The maximum Gasteiger partial charge on any atom is 0.562 e. The van der Waals surface area contributed by atoms with Crippen LogP contribution in [0.3, 0.4) is 0 Å². The van der Waals surface area contributed by atoms with Crippen molar-refractivity contribution >= 4 is 36.4 Å². The highest BCUT2D eigenvalue weighted by atomic mass is 16.5. The lowest BCUT2D eigenvalue weighted by molar-refractivity contribution is -0.133. The Bertz CT molecular complexity index is 623. The quantitative estimate of drug-likeness (QED) is 0.355. The van der Waals surface area contributed by atoms with E-state index in [-0.39, 0.29) is 30.3 Å². The Morgan fingerprint density at radius 3 is 2.55 bits per heavy atom. The number of ketones is 3. The molecular weight excluding hydrogens is 287 g/mol. The summed E-state index contributed by atoms with van der Waals surface area (Å²) in [4.78, 5) is 46.8. The number of rotatable bonds is 5. The van der Waals surface area contributed by atoms with Gasteiger partial charge in [-0.3, -0.25) is 19.2 Å². The molecule has 0 aliphatic heterocycles. The van der Waals surface area contributed by atoms with Gasteiger partial charge < -0.3 is 9.68 Å². The molecule has 7 heteroatoms. The molecule has 0 bridgehead atoms. The molecule has 1 N–H and O–H groups in total. The van der Waals surface area contributed by atoms with Gasteiger partial charge in [-0.1, -0.05) is 23.8 Å². The summed E-state index contributed by atoms with van der Waals surface area (Å²) in [5.41, 5.74) is 0.832. The molecule has 1 aromatic rings. The summed E-state index contributed by atoms with van der Waals surface area (Å²) in [7, 11) is -1.62. The molecule has 22 heavy (non-hydrogen) atoms. The van der Waals surface area contributed by atoms with E-state index >= 15 is 0 Å². The molecule has 0 aromatic heterocycles. The second-order valence-electron chi connectivity index (χ2n) is 5.26. The zero-order valence-electron chi connectivity index (χ0n) is 12.1. The van der Waals surface area contributed by atoms with Gasteiger partial charge in [-0.2, -0.15) is 0 Å². The van der Waals surface area contributed by atoms with Gasteiger partial charge in [0.05, 0.1) is 0 Å². The second kappa shape index (κ2) is 6.66. The molecule has 1 aliphatic rings. The third-order valence-electron chi connectivity index (χ3n) is 3.68. The third kappa shape index (κ3) is 3.14. The van der Waals surface area contributed by atoms with Crippen molar-refractivity contribution in [2.24, 2.45) is 5.92 Å². The largest absolute Gasteiger partial charge is 0.562 e. The van der Waals surface area contributed by atoms with Crippen LogP contribution in [-0.2, 0) is 19.0 Å². The minimum absolute atomic E-state index is 0.0218. The van der Waals surface area contributed by atoms with E-state index in [1.54, 1.807) is 13.0 Å². The van der Waals surface area contributed by atoms with Crippen LogP contribution in [0.4, 0.5) is 0 Å². The van der Waals surface area contributed by atoms with E-state index in [9.17, 15) is 24.2 Å². The SMILES string of the molecule is Cc1ccc(C(=O)C2C(=O)CCCC2=O)c(B(O)OC=O)c1. The van der Waals surface area contributed by atoms with Crippen molar-refractivity contribution < 1.29 is 28.9 Å². The van der Waals surface area contributed by atoms with Gasteiger partial charge in [0, 0.05) is 23.9 Å². The molecule has 0 unspecified atom stereocenters. The van der Waals surface area contributed by atoms with E-state index < -0.39 is 30.4 Å². The van der Waals surface area contributed by atoms with Crippen molar-refractivity contribution in [1.82, 2.24) is 0 Å². The van der Waals surface area contributed by atoms with Crippen LogP contribution in [0, 0.1) is 12.8 Å². The van der Waals surface area contributed by atoms with Gasteiger partial charge in [0.1, 0.15) is 5.92 Å². The lowest BCUT2D eigenvalue weighted by Crippen LogP contribution is -2.42. The van der Waals surface area contributed by atoms with E-state index in [1.807, 2.05) is 0 Å². The van der Waals surface area contributed by atoms with E-state index in [0.29, 0.717) is 6.42 Å². The average molecular weight is 302 g/mol. The summed E-state index contributed by atoms with van der Waals surface area (Å²) in [6.07, 6.45) is 0.840. The van der Waals surface area contributed by atoms with Gasteiger partial charge in [0.15, 0.2) is 17.3 Å². The Balaban J connectivity index is 2.42. The third-order valence-corrected chi connectivity index (χ3v) is 3.68. The fraction of sp³-hybridized carbons (Fsp3) is 0.333. The first kappa shape index (κ1) is 16.1. The number of carbonyl (C=O) groups is 4. The molecular formula is C15H15BO6. The smallest absolute Gasteiger partial charge is 0.508 e. The fourth-order valence-electron chi connectivity index (χ4n) is 2.59. The molecule has 0 saturated heterocycles. The number of carbonyl (C=O) groups excluding carboxylic acids is 4. The minimum atomic E-state index is -1.62. The number of hydrogen-bond donors (Lipinski definition) is 1. The molecule has 0 radical (unpaired) electrons. The predicted octanol–water partition coefficient (Wildman–Crippen LogP) is -0.0235. The van der Waals surface area contributed by atoms with Gasteiger partial charge in [-0.15, -0.1) is 0 Å². The lowest BCUT2D eigenvalue weighted by Gasteiger charge is -2.20. The van der Waals surface area contributed by atoms with Crippen LogP contribution < -0.4 is 5.46 Å². The maximum absolute atomic E-state index is 12.6. The molecule has 6 nitrogen and oxygen atoms in total. The van der Waals surface area contributed by atoms with E-state index in [1.165, 1.54) is 12.1 Å². The Morgan fingerprint density at radius 2 is 1.95 bits per heavy atom. The summed E-state index contributed by atoms with van der Waals surface area (Å²) >= 11 is 0. The van der Waals surface area contributed by atoms with E-state index in [2.05, 4.69) is 4.65 Å². The minimum Gasteiger partial charge on any atom is -0.508 e. The molecule has 0 spiro atoms. The van der Waals surface area contributed by atoms with Crippen LogP contribution in [0.2, 0.25) is 0 Å². The first-order valence-corrected chi connectivity index (χ1v) is 6.93. The van der Waals surface area contributed by atoms with Crippen LogP contribution in [-0.4, -0.2) is 36.0 Å². The van der Waals surface area contributed by atoms with Crippen molar-refractivity contribution in [3.8, 4) is 0 Å². The predicted molar refractivity (Wildman–Crippen MR) is 77.6 cm³/mol. The zero-order valence-corrected chi connectivity index (χ0v) is 12.1. The van der Waals surface area contributed by atoms with Crippen LogP contribution in [0.5, 0.6) is 0 Å². The Morgan fingerprint density at radius 1 is 1.32 bits per heavy atom. The van der Waals surface area contributed by atoms with E-state index in [0.717, 1.165) is 5.56 Å². The van der Waals surface area contributed by atoms with Crippen LogP contribution in [0.25, 0.3) is 0 Å². The molecule has 1 aromatic carbocycles. The number of benzene rings is 1. The highest BCUT2D eigenvalue weighted by Crippen LogP contribution is 2.21. The summed E-state index contributed by atoms with van der Waals surface area (Å²) < 4.78 is 4.47. The first-order valence-electron chi connectivity index (χ1n) is 6.93. The molecule has 0 amide bonds. The topological polar surface area (TPSA) is 97.7 Å². The fourth-order valence-corrected chi connectivity index (χ4v) is 2.59. The Kier molecular flexibility index (Phi) is 4.87. The van der Waals surface area contributed by atoms with Gasteiger partial charge in [-0.05, 0) is 13.3 Å². The molecule has 2 rings (SSSR count). The van der Waals surface area contributed by atoms with Gasteiger partial charge in [0.25, 0.3) is 6.47 Å². The number of hydrogen-bond acceptors (Lipinski definition) is 6. The number of aryl methyl sites for hydroxylation is 1. The van der Waals surface area contributed by atoms with Crippen molar-refractivity contribution in [3.63, 3.8) is 0 Å². The molecule has 0 heterocycles. The normalized spacial score (nSPS) is 15.5. The van der Waals surface area contributed by atoms with E-state index in [4.69, 9.17) is 0 Å². The molecule has 0 atom stereocenters. The summed E-state index contributed by atoms with van der Waals surface area (Å²) in [6, 6.07) is 4.54. The highest BCUT2D eigenvalue weighted by Gasteiger charge is 2.38. The Hall–Kier alpha value is -2.28. The lowest BCUT2D eigenvalue weighted by atomic mass is 9.71. The molecule has 114 valence electrons. The number of Topliss-reactive ketones (excluding diaryl/α,β-unsaturated/α-hetero) is 3. The summed E-state index contributed by atoms with van der Waals surface area (Å²) in [6.45, 7) is 1.81. The Labute approximate surface area is 127 Å². The van der Waals surface area contributed by atoms with Crippen LogP contribution in [0.15, 0.2) is 18.2 Å². The average Bonchev–Trinajstić information content (AvgIpc) is 2.47. The van der Waals surface area contributed by atoms with Crippen LogP contribution in [0.1, 0.15) is 35.2 Å². The molecule has 1 aliphatic carbocycles. The zero-order chi connectivity index (χ0) is 16.3. The monoisotopic (exact) mass is 302 g/mol. The summed E-state index contributed by atoms with van der Waals surface area (Å²) in [5, 5.41) is 9.83. The van der Waals surface area contributed by atoms with Gasteiger partial charge in [0.2, 0.25) is 0 Å². The second-order valence-corrected chi connectivity index (χ2v) is 5.26.